The third-order valence-corrected chi connectivity index (χ3v) is 4.86. The second-order valence-corrected chi connectivity index (χ2v) is 5.80. The predicted molar refractivity (Wildman–Crippen MR) is 70.0 cm³/mol. The maximum Gasteiger partial charge on any atom is 0.308 e. The SMILES string of the molecule is O=C(O)C1CCC1N1CCN(c2nccs2)CC1. The van der Waals surface area contributed by atoms with Crippen molar-refractivity contribution < 1.29 is 9.90 Å². The van der Waals surface area contributed by atoms with Gasteiger partial charge in [-0.05, 0) is 12.8 Å². The number of aliphatic carboxylic acids is 1. The molecule has 5 nitrogen and oxygen atoms in total. The Labute approximate surface area is 110 Å². The van der Waals surface area contributed by atoms with Crippen molar-refractivity contribution in [3.63, 3.8) is 0 Å². The van der Waals surface area contributed by atoms with E-state index in [4.69, 9.17) is 5.11 Å². The summed E-state index contributed by atoms with van der Waals surface area (Å²) in [4.78, 5) is 20.0. The summed E-state index contributed by atoms with van der Waals surface area (Å²) in [5, 5.41) is 12.2. The number of thiazole rings is 1. The molecule has 0 radical (unpaired) electrons. The van der Waals surface area contributed by atoms with Crippen molar-refractivity contribution in [3.05, 3.63) is 11.6 Å². The molecule has 6 heteroatoms. The Morgan fingerprint density at radius 1 is 1.33 bits per heavy atom. The van der Waals surface area contributed by atoms with Crippen LogP contribution in [0.25, 0.3) is 0 Å². The van der Waals surface area contributed by atoms with E-state index in [0.29, 0.717) is 0 Å². The summed E-state index contributed by atoms with van der Waals surface area (Å²) >= 11 is 1.67. The molecule has 0 spiro atoms. The Morgan fingerprint density at radius 2 is 2.11 bits per heavy atom. The van der Waals surface area contributed by atoms with Crippen molar-refractivity contribution in [2.24, 2.45) is 5.92 Å². The Kier molecular flexibility index (Phi) is 3.22. The standard InChI is InChI=1S/C12H17N3O2S/c16-11(17)9-1-2-10(9)14-4-6-15(7-5-14)12-13-3-8-18-12/h3,8-10H,1-2,4-7H2,(H,16,17). The van der Waals surface area contributed by atoms with Crippen LogP contribution in [0.15, 0.2) is 11.6 Å². The molecule has 2 aliphatic rings. The van der Waals surface area contributed by atoms with Crippen molar-refractivity contribution in [3.8, 4) is 0 Å². The first-order chi connectivity index (χ1) is 8.75. The molecule has 0 aromatic carbocycles. The van der Waals surface area contributed by atoms with E-state index in [1.54, 1.807) is 11.3 Å². The van der Waals surface area contributed by atoms with Gasteiger partial charge in [0.15, 0.2) is 5.13 Å². The quantitative estimate of drug-likeness (QED) is 0.889. The molecule has 1 saturated heterocycles. The van der Waals surface area contributed by atoms with Crippen LogP contribution in [0.3, 0.4) is 0 Å². The van der Waals surface area contributed by atoms with Crippen LogP contribution >= 0.6 is 11.3 Å². The van der Waals surface area contributed by atoms with Crippen molar-refractivity contribution in [1.29, 1.82) is 0 Å². The van der Waals surface area contributed by atoms with Gasteiger partial charge in [-0.3, -0.25) is 9.69 Å². The molecule has 2 heterocycles. The number of carboxylic acids is 1. The molecule has 1 saturated carbocycles. The lowest BCUT2D eigenvalue weighted by Crippen LogP contribution is -2.57. The van der Waals surface area contributed by atoms with Crippen molar-refractivity contribution >= 4 is 22.4 Å². The van der Waals surface area contributed by atoms with E-state index in [2.05, 4.69) is 14.8 Å². The molecule has 2 unspecified atom stereocenters. The minimum Gasteiger partial charge on any atom is -0.481 e. The minimum atomic E-state index is -0.631. The number of aromatic nitrogens is 1. The second kappa shape index (κ2) is 4.85. The molecule has 1 aliphatic heterocycles. The lowest BCUT2D eigenvalue weighted by molar-refractivity contribution is -0.149. The second-order valence-electron chi connectivity index (χ2n) is 4.93. The molecular weight excluding hydrogens is 250 g/mol. The molecule has 1 aromatic rings. The van der Waals surface area contributed by atoms with Gasteiger partial charge in [-0.15, -0.1) is 11.3 Å². The first-order valence-corrected chi connectivity index (χ1v) is 7.25. The highest BCUT2D eigenvalue weighted by atomic mass is 32.1. The molecule has 0 bridgehead atoms. The van der Waals surface area contributed by atoms with Crippen LogP contribution in [0.5, 0.6) is 0 Å². The lowest BCUT2D eigenvalue weighted by atomic mass is 9.78. The number of hydrogen-bond acceptors (Lipinski definition) is 5. The van der Waals surface area contributed by atoms with E-state index in [-0.39, 0.29) is 12.0 Å². The molecule has 1 aliphatic carbocycles. The number of piperazine rings is 1. The van der Waals surface area contributed by atoms with E-state index in [1.807, 2.05) is 11.6 Å². The van der Waals surface area contributed by atoms with Crippen molar-refractivity contribution in [2.45, 2.75) is 18.9 Å². The molecule has 2 atom stereocenters. The summed E-state index contributed by atoms with van der Waals surface area (Å²) in [6.07, 6.45) is 3.71. The fourth-order valence-electron chi connectivity index (χ4n) is 2.82. The van der Waals surface area contributed by atoms with Crippen LogP contribution in [0.1, 0.15) is 12.8 Å². The van der Waals surface area contributed by atoms with E-state index in [1.165, 1.54) is 0 Å². The van der Waals surface area contributed by atoms with Crippen LogP contribution in [-0.4, -0.2) is 53.2 Å². The smallest absolute Gasteiger partial charge is 0.308 e. The largest absolute Gasteiger partial charge is 0.481 e. The zero-order chi connectivity index (χ0) is 12.5. The first kappa shape index (κ1) is 11.9. The van der Waals surface area contributed by atoms with E-state index < -0.39 is 5.97 Å². The Balaban J connectivity index is 1.56. The molecule has 2 fully saturated rings. The van der Waals surface area contributed by atoms with E-state index >= 15 is 0 Å². The zero-order valence-corrected chi connectivity index (χ0v) is 11.0. The molecular formula is C12H17N3O2S. The molecule has 18 heavy (non-hydrogen) atoms. The maximum absolute atomic E-state index is 11.0. The average molecular weight is 267 g/mol. The summed E-state index contributed by atoms with van der Waals surface area (Å²) < 4.78 is 0. The number of anilines is 1. The first-order valence-electron chi connectivity index (χ1n) is 6.37. The molecule has 3 rings (SSSR count). The number of carbonyl (C=O) groups is 1. The third kappa shape index (κ3) is 2.10. The van der Waals surface area contributed by atoms with Crippen LogP contribution < -0.4 is 4.90 Å². The maximum atomic E-state index is 11.0. The zero-order valence-electron chi connectivity index (χ0n) is 10.2. The van der Waals surface area contributed by atoms with Gasteiger partial charge in [0.2, 0.25) is 0 Å². The van der Waals surface area contributed by atoms with Crippen LogP contribution in [-0.2, 0) is 4.79 Å². The third-order valence-electron chi connectivity index (χ3n) is 4.03. The van der Waals surface area contributed by atoms with Crippen LogP contribution in [0.4, 0.5) is 5.13 Å². The van der Waals surface area contributed by atoms with Crippen LogP contribution in [0.2, 0.25) is 0 Å². The molecule has 98 valence electrons. The van der Waals surface area contributed by atoms with Crippen molar-refractivity contribution in [2.75, 3.05) is 31.1 Å². The summed E-state index contributed by atoms with van der Waals surface area (Å²) in [5.41, 5.74) is 0. The highest BCUT2D eigenvalue weighted by Crippen LogP contribution is 2.33. The van der Waals surface area contributed by atoms with Crippen LogP contribution in [0, 0.1) is 5.92 Å². The Hall–Kier alpha value is -1.14. The molecule has 1 N–H and O–H groups in total. The number of hydrogen-bond donors (Lipinski definition) is 1. The van der Waals surface area contributed by atoms with Gasteiger partial charge in [-0.1, -0.05) is 0 Å². The average Bonchev–Trinajstić information content (AvgIpc) is 2.81. The fraction of sp³-hybridized carbons (Fsp3) is 0.667. The topological polar surface area (TPSA) is 56.7 Å². The monoisotopic (exact) mass is 267 g/mol. The normalized spacial score (nSPS) is 29.0. The van der Waals surface area contributed by atoms with Gasteiger partial charge in [-0.25, -0.2) is 4.98 Å². The van der Waals surface area contributed by atoms with Gasteiger partial charge >= 0.3 is 5.97 Å². The number of rotatable bonds is 3. The number of nitrogens with zero attached hydrogens (tertiary/aromatic N) is 3. The van der Waals surface area contributed by atoms with Crippen molar-refractivity contribution in [1.82, 2.24) is 9.88 Å². The van der Waals surface area contributed by atoms with Gasteiger partial charge < -0.3 is 10.0 Å². The summed E-state index contributed by atoms with van der Waals surface area (Å²) in [6, 6.07) is 0.265. The predicted octanol–water partition coefficient (Wildman–Crippen LogP) is 1.13. The van der Waals surface area contributed by atoms with Gasteiger partial charge in [0, 0.05) is 43.8 Å². The Bertz CT molecular complexity index is 415. The van der Waals surface area contributed by atoms with Gasteiger partial charge in [0.25, 0.3) is 0 Å². The Morgan fingerprint density at radius 3 is 2.61 bits per heavy atom. The minimum absolute atomic E-state index is 0.142. The summed E-state index contributed by atoms with van der Waals surface area (Å²) in [5.74, 6) is -0.773. The van der Waals surface area contributed by atoms with Gasteiger partial charge in [0.05, 0.1) is 5.92 Å². The molecule has 0 amide bonds. The van der Waals surface area contributed by atoms with E-state index in [0.717, 1.165) is 44.2 Å². The fourth-order valence-corrected chi connectivity index (χ4v) is 3.52. The summed E-state index contributed by atoms with van der Waals surface area (Å²) in [6.45, 7) is 3.81. The lowest BCUT2D eigenvalue weighted by Gasteiger charge is -2.46. The van der Waals surface area contributed by atoms with Gasteiger partial charge in [-0.2, -0.15) is 0 Å². The number of carboxylic acid groups (broad SMARTS) is 1. The van der Waals surface area contributed by atoms with E-state index in [9.17, 15) is 4.79 Å². The van der Waals surface area contributed by atoms with Gasteiger partial charge in [0.1, 0.15) is 0 Å². The molecule has 1 aromatic heterocycles. The highest BCUT2D eigenvalue weighted by Gasteiger charge is 2.41. The summed E-state index contributed by atoms with van der Waals surface area (Å²) in [7, 11) is 0. The highest BCUT2D eigenvalue weighted by molar-refractivity contribution is 7.13.